The molecule has 0 aliphatic carbocycles. The molecule has 0 saturated carbocycles. The SMILES string of the molecule is O=C(NCCCBr)c1cnccc1C(F)(F)F. The van der Waals surface area contributed by atoms with Gasteiger partial charge in [-0.2, -0.15) is 13.2 Å². The fourth-order valence-electron chi connectivity index (χ4n) is 1.19. The zero-order valence-corrected chi connectivity index (χ0v) is 10.3. The van der Waals surface area contributed by atoms with Crippen LogP contribution in [0.15, 0.2) is 18.5 Å². The van der Waals surface area contributed by atoms with Crippen molar-refractivity contribution in [3.05, 3.63) is 29.6 Å². The summed E-state index contributed by atoms with van der Waals surface area (Å²) in [4.78, 5) is 15.1. The predicted molar refractivity (Wildman–Crippen MR) is 60.0 cm³/mol. The van der Waals surface area contributed by atoms with Gasteiger partial charge < -0.3 is 5.32 Å². The minimum Gasteiger partial charge on any atom is -0.352 e. The van der Waals surface area contributed by atoms with Gasteiger partial charge in [0.05, 0.1) is 11.1 Å². The Balaban J connectivity index is 2.86. The fraction of sp³-hybridized carbons (Fsp3) is 0.400. The van der Waals surface area contributed by atoms with Gasteiger partial charge in [-0.05, 0) is 12.5 Å². The van der Waals surface area contributed by atoms with E-state index in [1.165, 1.54) is 0 Å². The smallest absolute Gasteiger partial charge is 0.352 e. The lowest BCUT2D eigenvalue weighted by Gasteiger charge is -2.11. The van der Waals surface area contributed by atoms with E-state index in [-0.39, 0.29) is 0 Å². The first-order valence-corrected chi connectivity index (χ1v) is 5.94. The van der Waals surface area contributed by atoms with Crippen LogP contribution in [0, 0.1) is 0 Å². The van der Waals surface area contributed by atoms with Gasteiger partial charge in [0.25, 0.3) is 5.91 Å². The number of carbonyl (C=O) groups excluding carboxylic acids is 1. The Morgan fingerprint density at radius 1 is 1.47 bits per heavy atom. The van der Waals surface area contributed by atoms with Crippen molar-refractivity contribution in [3.63, 3.8) is 0 Å². The number of alkyl halides is 4. The molecule has 0 saturated heterocycles. The van der Waals surface area contributed by atoms with Gasteiger partial charge in [-0.3, -0.25) is 9.78 Å². The standard InChI is InChI=1S/C10H10BrF3N2O/c11-3-1-4-16-9(17)7-6-15-5-2-8(7)10(12,13)14/h2,5-6H,1,3-4H2,(H,16,17). The highest BCUT2D eigenvalue weighted by atomic mass is 79.9. The minimum atomic E-state index is -4.55. The number of halogens is 4. The Labute approximate surface area is 105 Å². The normalized spacial score (nSPS) is 11.3. The number of nitrogens with one attached hydrogen (secondary N) is 1. The van der Waals surface area contributed by atoms with Gasteiger partial charge in [-0.15, -0.1) is 0 Å². The van der Waals surface area contributed by atoms with Crippen LogP contribution in [-0.2, 0) is 6.18 Å². The van der Waals surface area contributed by atoms with Crippen molar-refractivity contribution < 1.29 is 18.0 Å². The van der Waals surface area contributed by atoms with E-state index in [2.05, 4.69) is 26.2 Å². The number of rotatable bonds is 4. The molecule has 1 aromatic rings. The summed E-state index contributed by atoms with van der Waals surface area (Å²) in [7, 11) is 0. The summed E-state index contributed by atoms with van der Waals surface area (Å²) in [5.74, 6) is -0.758. The third kappa shape index (κ3) is 3.99. The van der Waals surface area contributed by atoms with Crippen LogP contribution in [-0.4, -0.2) is 22.8 Å². The summed E-state index contributed by atoms with van der Waals surface area (Å²) in [5.41, 5.74) is -1.42. The molecule has 7 heteroatoms. The first-order valence-electron chi connectivity index (χ1n) is 4.82. The maximum atomic E-state index is 12.6. The second kappa shape index (κ2) is 6.00. The quantitative estimate of drug-likeness (QED) is 0.686. The number of hydrogen-bond acceptors (Lipinski definition) is 2. The summed E-state index contributed by atoms with van der Waals surface area (Å²) in [5, 5.41) is 3.08. The van der Waals surface area contributed by atoms with E-state index in [9.17, 15) is 18.0 Å². The number of hydrogen-bond donors (Lipinski definition) is 1. The maximum Gasteiger partial charge on any atom is 0.417 e. The van der Waals surface area contributed by atoms with Gasteiger partial charge in [0, 0.05) is 24.3 Å². The molecule has 1 aromatic heterocycles. The van der Waals surface area contributed by atoms with E-state index in [1.807, 2.05) is 0 Å². The topological polar surface area (TPSA) is 42.0 Å². The van der Waals surface area contributed by atoms with Crippen molar-refractivity contribution in [2.24, 2.45) is 0 Å². The molecule has 0 aliphatic rings. The van der Waals surface area contributed by atoms with E-state index in [1.54, 1.807) is 0 Å². The minimum absolute atomic E-state index is 0.316. The van der Waals surface area contributed by atoms with Crippen LogP contribution in [0.3, 0.4) is 0 Å². The average molecular weight is 311 g/mol. The lowest BCUT2D eigenvalue weighted by atomic mass is 10.1. The molecule has 0 fully saturated rings. The van der Waals surface area contributed by atoms with Gasteiger partial charge in [0.1, 0.15) is 0 Å². The molecule has 0 radical (unpaired) electrons. The third-order valence-electron chi connectivity index (χ3n) is 1.97. The number of carbonyl (C=O) groups is 1. The zero-order chi connectivity index (χ0) is 12.9. The van der Waals surface area contributed by atoms with Gasteiger partial charge in [-0.1, -0.05) is 15.9 Å². The molecule has 0 aromatic carbocycles. The molecular formula is C10H10BrF3N2O. The highest BCUT2D eigenvalue weighted by molar-refractivity contribution is 9.09. The van der Waals surface area contributed by atoms with E-state index in [0.717, 1.165) is 18.5 Å². The van der Waals surface area contributed by atoms with Crippen LogP contribution in [0.2, 0.25) is 0 Å². The van der Waals surface area contributed by atoms with Crippen molar-refractivity contribution >= 4 is 21.8 Å². The van der Waals surface area contributed by atoms with Gasteiger partial charge in [0.15, 0.2) is 0 Å². The van der Waals surface area contributed by atoms with Gasteiger partial charge in [-0.25, -0.2) is 0 Å². The molecule has 3 nitrogen and oxygen atoms in total. The van der Waals surface area contributed by atoms with Crippen LogP contribution in [0.1, 0.15) is 22.3 Å². The number of amides is 1. The molecule has 0 bridgehead atoms. The number of pyridine rings is 1. The van der Waals surface area contributed by atoms with Crippen molar-refractivity contribution in [3.8, 4) is 0 Å². The van der Waals surface area contributed by atoms with Crippen LogP contribution in [0.5, 0.6) is 0 Å². The number of aromatic nitrogens is 1. The van der Waals surface area contributed by atoms with Crippen molar-refractivity contribution in [2.45, 2.75) is 12.6 Å². The fourth-order valence-corrected chi connectivity index (χ4v) is 1.47. The first kappa shape index (κ1) is 14.0. The predicted octanol–water partition coefficient (Wildman–Crippen LogP) is 2.62. The third-order valence-corrected chi connectivity index (χ3v) is 2.53. The van der Waals surface area contributed by atoms with E-state index in [4.69, 9.17) is 0 Å². The summed E-state index contributed by atoms with van der Waals surface area (Å²) in [6.07, 6.45) is -1.97. The van der Waals surface area contributed by atoms with Crippen LogP contribution in [0.4, 0.5) is 13.2 Å². The molecule has 0 spiro atoms. The molecule has 1 heterocycles. The maximum absolute atomic E-state index is 12.6. The zero-order valence-electron chi connectivity index (χ0n) is 8.72. The van der Waals surface area contributed by atoms with Crippen molar-refractivity contribution in [2.75, 3.05) is 11.9 Å². The Kier molecular flexibility index (Phi) is 4.92. The van der Waals surface area contributed by atoms with E-state index >= 15 is 0 Å². The molecule has 1 N–H and O–H groups in total. The van der Waals surface area contributed by atoms with Crippen LogP contribution >= 0.6 is 15.9 Å². The van der Waals surface area contributed by atoms with Crippen molar-refractivity contribution in [1.29, 1.82) is 0 Å². The second-order valence-corrected chi connectivity index (χ2v) is 4.01. The highest BCUT2D eigenvalue weighted by Crippen LogP contribution is 2.31. The monoisotopic (exact) mass is 310 g/mol. The summed E-state index contributed by atoms with van der Waals surface area (Å²) in [6.45, 7) is 0.316. The van der Waals surface area contributed by atoms with Gasteiger partial charge in [0.2, 0.25) is 0 Å². The highest BCUT2D eigenvalue weighted by Gasteiger charge is 2.35. The number of nitrogens with zero attached hydrogens (tertiary/aromatic N) is 1. The summed E-state index contributed by atoms with van der Waals surface area (Å²) >= 11 is 3.16. The molecule has 1 rings (SSSR count). The van der Waals surface area contributed by atoms with E-state index in [0.29, 0.717) is 18.3 Å². The Bertz CT molecular complexity index is 395. The molecule has 0 atom stereocenters. The van der Waals surface area contributed by atoms with E-state index < -0.39 is 23.2 Å². The van der Waals surface area contributed by atoms with Crippen molar-refractivity contribution in [1.82, 2.24) is 10.3 Å². The van der Waals surface area contributed by atoms with Crippen LogP contribution in [0.25, 0.3) is 0 Å². The molecule has 17 heavy (non-hydrogen) atoms. The second-order valence-electron chi connectivity index (χ2n) is 3.22. The van der Waals surface area contributed by atoms with Crippen LogP contribution < -0.4 is 5.32 Å². The summed E-state index contributed by atoms with van der Waals surface area (Å²) < 4.78 is 37.7. The molecule has 0 aliphatic heterocycles. The Morgan fingerprint density at radius 2 is 2.18 bits per heavy atom. The Hall–Kier alpha value is -1.11. The van der Waals surface area contributed by atoms with Gasteiger partial charge >= 0.3 is 6.18 Å². The lowest BCUT2D eigenvalue weighted by molar-refractivity contribution is -0.138. The molecule has 94 valence electrons. The summed E-state index contributed by atoms with van der Waals surface area (Å²) in [6, 6.07) is 0.791. The molecular weight excluding hydrogens is 301 g/mol. The molecule has 1 amide bonds. The largest absolute Gasteiger partial charge is 0.417 e. The molecule has 0 unspecified atom stereocenters. The lowest BCUT2D eigenvalue weighted by Crippen LogP contribution is -2.27. The first-order chi connectivity index (χ1) is 7.96. The Morgan fingerprint density at radius 3 is 2.76 bits per heavy atom. The average Bonchev–Trinajstić information content (AvgIpc) is 2.28.